The first kappa shape index (κ1) is 18.7. The van der Waals surface area contributed by atoms with Crippen LogP contribution in [0.2, 0.25) is 5.15 Å². The van der Waals surface area contributed by atoms with Crippen molar-refractivity contribution in [2.24, 2.45) is 0 Å². The molecule has 1 saturated heterocycles. The van der Waals surface area contributed by atoms with Gasteiger partial charge in [0, 0.05) is 26.2 Å². The quantitative estimate of drug-likeness (QED) is 0.435. The lowest BCUT2D eigenvalue weighted by molar-refractivity contribution is -0.147. The van der Waals surface area contributed by atoms with Gasteiger partial charge < -0.3 is 15.0 Å². The normalized spacial score (nSPS) is 14.0. The van der Waals surface area contributed by atoms with Gasteiger partial charge in [0.15, 0.2) is 11.8 Å². The van der Waals surface area contributed by atoms with E-state index in [1.807, 2.05) is 0 Å². The zero-order valence-electron chi connectivity index (χ0n) is 13.5. The Labute approximate surface area is 148 Å². The van der Waals surface area contributed by atoms with Gasteiger partial charge in [-0.25, -0.2) is 9.78 Å². The first-order chi connectivity index (χ1) is 11.9. The van der Waals surface area contributed by atoms with Crippen LogP contribution >= 0.6 is 11.6 Å². The molecule has 9 nitrogen and oxygen atoms in total. The Morgan fingerprint density at radius 1 is 1.40 bits per heavy atom. The highest BCUT2D eigenvalue weighted by molar-refractivity contribution is 6.32. The summed E-state index contributed by atoms with van der Waals surface area (Å²) in [5.74, 6) is -1.44. The van der Waals surface area contributed by atoms with Crippen molar-refractivity contribution >= 4 is 41.1 Å². The smallest absolute Gasteiger partial charge is 0.326 e. The average molecular weight is 369 g/mol. The lowest BCUT2D eigenvalue weighted by Gasteiger charge is -2.13. The summed E-state index contributed by atoms with van der Waals surface area (Å²) >= 11 is 5.80. The van der Waals surface area contributed by atoms with Crippen molar-refractivity contribution < 1.29 is 23.9 Å². The Morgan fingerprint density at radius 3 is 2.80 bits per heavy atom. The number of halogens is 1. The summed E-state index contributed by atoms with van der Waals surface area (Å²) in [4.78, 5) is 52.7. The molecule has 2 heterocycles. The Bertz CT molecular complexity index is 696. The maximum absolute atomic E-state index is 11.7. The van der Waals surface area contributed by atoms with Crippen LogP contribution in [0.25, 0.3) is 0 Å². The predicted molar refractivity (Wildman–Crippen MR) is 87.8 cm³/mol. The van der Waals surface area contributed by atoms with E-state index in [-0.39, 0.29) is 43.0 Å². The summed E-state index contributed by atoms with van der Waals surface area (Å²) in [7, 11) is 1.53. The van der Waals surface area contributed by atoms with E-state index >= 15 is 0 Å². The van der Waals surface area contributed by atoms with E-state index < -0.39 is 18.5 Å². The monoisotopic (exact) mass is 368 g/mol. The number of carbonyl (C=O) groups is 4. The second-order valence-electron chi connectivity index (χ2n) is 5.34. The van der Waals surface area contributed by atoms with Crippen LogP contribution in [0.15, 0.2) is 18.3 Å². The van der Waals surface area contributed by atoms with Crippen LogP contribution in [-0.2, 0) is 19.1 Å². The first-order valence-electron chi connectivity index (χ1n) is 7.50. The molecule has 1 aliphatic heterocycles. The zero-order chi connectivity index (χ0) is 18.4. The number of pyridine rings is 1. The van der Waals surface area contributed by atoms with Gasteiger partial charge in [-0.1, -0.05) is 11.6 Å². The number of esters is 1. The SMILES string of the molecule is CN1CC(=O)N(CCCC(=O)OCC(=O)Nc2cccnc2Cl)C1=O. The van der Waals surface area contributed by atoms with Gasteiger partial charge in [0.05, 0.1) is 5.69 Å². The van der Waals surface area contributed by atoms with E-state index in [4.69, 9.17) is 16.3 Å². The van der Waals surface area contributed by atoms with Gasteiger partial charge in [0.2, 0.25) is 5.91 Å². The molecule has 1 fully saturated rings. The van der Waals surface area contributed by atoms with Crippen LogP contribution in [0, 0.1) is 0 Å². The van der Waals surface area contributed by atoms with Gasteiger partial charge in [-0.05, 0) is 18.6 Å². The zero-order valence-corrected chi connectivity index (χ0v) is 14.3. The number of nitrogens with one attached hydrogen (secondary N) is 1. The molecule has 25 heavy (non-hydrogen) atoms. The number of anilines is 1. The highest BCUT2D eigenvalue weighted by atomic mass is 35.5. The Hall–Kier alpha value is -2.68. The standard InChI is InChI=1S/C15H17ClN4O5/c1-19-8-12(22)20(15(19)24)7-3-5-13(23)25-9-11(21)18-10-4-2-6-17-14(10)16/h2,4,6H,3,5,7-9H2,1H3,(H,18,21). The number of urea groups is 1. The largest absolute Gasteiger partial charge is 0.456 e. The van der Waals surface area contributed by atoms with Gasteiger partial charge in [0.25, 0.3) is 5.91 Å². The van der Waals surface area contributed by atoms with Crippen molar-refractivity contribution in [2.45, 2.75) is 12.8 Å². The van der Waals surface area contributed by atoms with Crippen LogP contribution in [0.4, 0.5) is 10.5 Å². The van der Waals surface area contributed by atoms with Crippen molar-refractivity contribution in [2.75, 3.05) is 32.1 Å². The molecule has 1 aromatic rings. The second-order valence-corrected chi connectivity index (χ2v) is 5.70. The highest BCUT2D eigenvalue weighted by Crippen LogP contribution is 2.17. The van der Waals surface area contributed by atoms with E-state index in [1.165, 1.54) is 18.1 Å². The number of aromatic nitrogens is 1. The molecule has 1 N–H and O–H groups in total. The number of hydrogen-bond donors (Lipinski definition) is 1. The fourth-order valence-electron chi connectivity index (χ4n) is 2.15. The molecule has 2 rings (SSSR count). The summed E-state index contributed by atoms with van der Waals surface area (Å²) < 4.78 is 4.84. The van der Waals surface area contributed by atoms with E-state index in [0.29, 0.717) is 5.69 Å². The number of likely N-dealkylation sites (N-methyl/N-ethyl adjacent to an activating group) is 1. The Balaban J connectivity index is 1.67. The number of imide groups is 1. The Kier molecular flexibility index (Phi) is 6.29. The molecular formula is C15H17ClN4O5. The maximum atomic E-state index is 11.7. The highest BCUT2D eigenvalue weighted by Gasteiger charge is 2.32. The molecule has 0 saturated carbocycles. The van der Waals surface area contributed by atoms with Crippen LogP contribution < -0.4 is 5.32 Å². The fraction of sp³-hybridized carbons (Fsp3) is 0.400. The second kappa shape index (κ2) is 8.43. The molecule has 1 aliphatic rings. The number of ether oxygens (including phenoxy) is 1. The fourth-order valence-corrected chi connectivity index (χ4v) is 2.32. The molecule has 10 heteroatoms. The summed E-state index contributed by atoms with van der Waals surface area (Å²) in [6.45, 7) is -0.288. The molecule has 4 amide bonds. The van der Waals surface area contributed by atoms with Crippen LogP contribution in [0.5, 0.6) is 0 Å². The van der Waals surface area contributed by atoms with Crippen LogP contribution in [0.1, 0.15) is 12.8 Å². The summed E-state index contributed by atoms with van der Waals surface area (Å²) in [6, 6.07) is 2.79. The Morgan fingerprint density at radius 2 is 2.16 bits per heavy atom. The summed E-state index contributed by atoms with van der Waals surface area (Å²) in [5, 5.41) is 2.60. The molecule has 0 radical (unpaired) electrons. The van der Waals surface area contributed by atoms with Gasteiger partial charge in [-0.2, -0.15) is 0 Å². The predicted octanol–water partition coefficient (Wildman–Crippen LogP) is 0.891. The van der Waals surface area contributed by atoms with E-state index in [2.05, 4.69) is 10.3 Å². The number of amides is 4. The third kappa shape index (κ3) is 5.15. The topological polar surface area (TPSA) is 109 Å². The molecule has 0 unspecified atom stereocenters. The van der Waals surface area contributed by atoms with Crippen molar-refractivity contribution in [3.63, 3.8) is 0 Å². The number of nitrogens with zero attached hydrogens (tertiary/aromatic N) is 3. The minimum Gasteiger partial charge on any atom is -0.456 e. The van der Waals surface area contributed by atoms with Crippen molar-refractivity contribution in [1.29, 1.82) is 0 Å². The number of rotatable bonds is 7. The minimum atomic E-state index is -0.597. The number of carbonyl (C=O) groups excluding carboxylic acids is 4. The van der Waals surface area contributed by atoms with Crippen LogP contribution in [-0.4, -0.2) is 65.3 Å². The molecule has 0 bridgehead atoms. The van der Waals surface area contributed by atoms with E-state index in [0.717, 1.165) is 4.90 Å². The van der Waals surface area contributed by atoms with E-state index in [9.17, 15) is 19.2 Å². The van der Waals surface area contributed by atoms with Crippen molar-refractivity contribution in [3.8, 4) is 0 Å². The third-order valence-corrected chi connectivity index (χ3v) is 3.69. The molecule has 0 aromatic carbocycles. The molecule has 1 aromatic heterocycles. The molecular weight excluding hydrogens is 352 g/mol. The maximum Gasteiger partial charge on any atom is 0.326 e. The third-order valence-electron chi connectivity index (χ3n) is 3.39. The van der Waals surface area contributed by atoms with Gasteiger partial charge in [-0.15, -0.1) is 0 Å². The molecule has 0 aliphatic carbocycles. The number of hydrogen-bond acceptors (Lipinski definition) is 6. The first-order valence-corrected chi connectivity index (χ1v) is 7.87. The van der Waals surface area contributed by atoms with Crippen LogP contribution in [0.3, 0.4) is 0 Å². The minimum absolute atomic E-state index is 0.0122. The lowest BCUT2D eigenvalue weighted by atomic mass is 10.3. The van der Waals surface area contributed by atoms with Crippen molar-refractivity contribution in [3.05, 3.63) is 23.5 Å². The van der Waals surface area contributed by atoms with Gasteiger partial charge in [0.1, 0.15) is 6.54 Å². The summed E-state index contributed by atoms with van der Waals surface area (Å²) in [5.41, 5.74) is 0.320. The van der Waals surface area contributed by atoms with Gasteiger partial charge in [-0.3, -0.25) is 19.3 Å². The van der Waals surface area contributed by atoms with E-state index in [1.54, 1.807) is 12.1 Å². The molecule has 134 valence electrons. The average Bonchev–Trinajstić information content (AvgIpc) is 2.81. The lowest BCUT2D eigenvalue weighted by Crippen LogP contribution is -2.32. The van der Waals surface area contributed by atoms with Crippen molar-refractivity contribution in [1.82, 2.24) is 14.8 Å². The summed E-state index contributed by atoms with van der Waals surface area (Å²) in [6.07, 6.45) is 1.73. The molecule has 0 spiro atoms. The molecule has 0 atom stereocenters. The van der Waals surface area contributed by atoms with Gasteiger partial charge >= 0.3 is 12.0 Å².